The summed E-state index contributed by atoms with van der Waals surface area (Å²) in [5.41, 5.74) is 0. The molecule has 0 radical (unpaired) electrons. The van der Waals surface area contributed by atoms with E-state index in [2.05, 4.69) is 17.1 Å². The molecule has 0 aromatic heterocycles. The van der Waals surface area contributed by atoms with E-state index in [-0.39, 0.29) is 0 Å². The van der Waals surface area contributed by atoms with Crippen LogP contribution in [0.15, 0.2) is 0 Å². The van der Waals surface area contributed by atoms with Crippen molar-refractivity contribution >= 4 is 11.8 Å². The van der Waals surface area contributed by atoms with Crippen LogP contribution in [0, 0.1) is 0 Å². The van der Waals surface area contributed by atoms with E-state index in [0.717, 1.165) is 6.04 Å². The number of nitrogens with one attached hydrogen (secondary N) is 1. The fourth-order valence-electron chi connectivity index (χ4n) is 2.56. The van der Waals surface area contributed by atoms with Gasteiger partial charge in [0.1, 0.15) is 13.1 Å². The molecule has 0 aliphatic carbocycles. The Hall–Kier alpha value is 0.270. The number of piperidine rings is 1. The van der Waals surface area contributed by atoms with Crippen molar-refractivity contribution in [2.24, 2.45) is 0 Å². The van der Waals surface area contributed by atoms with E-state index >= 15 is 0 Å². The predicted molar refractivity (Wildman–Crippen MR) is 61.9 cm³/mol. The number of thioether (sulfide) groups is 1. The number of hydrogen-bond donors (Lipinski definition) is 2. The van der Waals surface area contributed by atoms with Crippen molar-refractivity contribution in [1.82, 2.24) is 0 Å². The summed E-state index contributed by atoms with van der Waals surface area (Å²) in [7, 11) is 0. The van der Waals surface area contributed by atoms with Gasteiger partial charge in [-0.1, -0.05) is 0 Å². The average Bonchev–Trinajstić information content (AvgIpc) is 2.72. The molecule has 0 aromatic rings. The lowest BCUT2D eigenvalue weighted by molar-refractivity contribution is -0.918. The summed E-state index contributed by atoms with van der Waals surface area (Å²) in [6, 6.07) is 0.948. The summed E-state index contributed by atoms with van der Waals surface area (Å²) in [6.07, 6.45) is 5.86. The van der Waals surface area contributed by atoms with E-state index in [1.165, 1.54) is 63.4 Å². The number of likely N-dealkylation sites (tertiary alicyclic amines) is 1. The molecule has 14 heavy (non-hydrogen) atoms. The summed E-state index contributed by atoms with van der Waals surface area (Å²) in [6.45, 7) is 5.64. The van der Waals surface area contributed by atoms with Gasteiger partial charge in [-0.2, -0.15) is 11.8 Å². The maximum absolute atomic E-state index is 2.60. The van der Waals surface area contributed by atoms with Crippen LogP contribution in [0.1, 0.15) is 25.7 Å². The minimum absolute atomic E-state index is 0.948. The van der Waals surface area contributed by atoms with Crippen LogP contribution in [0.3, 0.4) is 0 Å². The minimum Gasteiger partial charge on any atom is -0.338 e. The third kappa shape index (κ3) is 3.44. The van der Waals surface area contributed by atoms with E-state index in [9.17, 15) is 0 Å². The number of quaternary nitrogens is 2. The third-order valence-electron chi connectivity index (χ3n) is 3.52. The van der Waals surface area contributed by atoms with Gasteiger partial charge < -0.3 is 10.2 Å². The van der Waals surface area contributed by atoms with Crippen LogP contribution in [-0.4, -0.2) is 43.7 Å². The maximum atomic E-state index is 2.60. The Morgan fingerprint density at radius 2 is 2.07 bits per heavy atom. The lowest BCUT2D eigenvalue weighted by atomic mass is 10.1. The molecule has 0 saturated carbocycles. The van der Waals surface area contributed by atoms with E-state index < -0.39 is 0 Å². The van der Waals surface area contributed by atoms with Gasteiger partial charge in [-0.15, -0.1) is 0 Å². The molecule has 0 unspecified atom stereocenters. The second kappa shape index (κ2) is 5.99. The Morgan fingerprint density at radius 1 is 1.21 bits per heavy atom. The molecule has 3 heteroatoms. The van der Waals surface area contributed by atoms with Crippen molar-refractivity contribution in [2.75, 3.05) is 37.7 Å². The first-order valence-corrected chi connectivity index (χ1v) is 7.35. The van der Waals surface area contributed by atoms with E-state index in [1.54, 1.807) is 0 Å². The lowest BCUT2D eigenvalue weighted by Gasteiger charge is -2.23. The molecular formula is C11H24N2S+2. The van der Waals surface area contributed by atoms with Crippen molar-refractivity contribution in [1.29, 1.82) is 0 Å². The number of rotatable bonds is 4. The molecule has 82 valence electrons. The maximum Gasteiger partial charge on any atom is 0.127 e. The summed E-state index contributed by atoms with van der Waals surface area (Å²) in [5, 5.41) is 2.60. The molecule has 0 amide bonds. The van der Waals surface area contributed by atoms with E-state index in [4.69, 9.17) is 0 Å². The van der Waals surface area contributed by atoms with Gasteiger partial charge in [0.05, 0.1) is 19.1 Å². The Balaban J connectivity index is 1.52. The van der Waals surface area contributed by atoms with Crippen LogP contribution in [-0.2, 0) is 0 Å². The quantitative estimate of drug-likeness (QED) is 0.626. The van der Waals surface area contributed by atoms with Crippen LogP contribution < -0.4 is 10.2 Å². The highest BCUT2D eigenvalue weighted by Gasteiger charge is 2.19. The zero-order chi connectivity index (χ0) is 9.64. The molecular weight excluding hydrogens is 192 g/mol. The number of hydrogen-bond acceptors (Lipinski definition) is 1. The normalized spacial score (nSPS) is 29.6. The van der Waals surface area contributed by atoms with E-state index in [1.807, 2.05) is 4.90 Å². The van der Waals surface area contributed by atoms with Crippen LogP contribution in [0.5, 0.6) is 0 Å². The van der Waals surface area contributed by atoms with Crippen molar-refractivity contribution in [3.8, 4) is 0 Å². The molecule has 2 heterocycles. The van der Waals surface area contributed by atoms with Gasteiger partial charge in [-0.25, -0.2) is 0 Å². The molecule has 2 aliphatic rings. The topological polar surface area (TPSA) is 21.1 Å². The Labute approximate surface area is 91.8 Å². The predicted octanol–water partition coefficient (Wildman–Crippen LogP) is -0.876. The molecule has 2 saturated heterocycles. The first kappa shape index (κ1) is 10.8. The van der Waals surface area contributed by atoms with Gasteiger partial charge in [0, 0.05) is 12.2 Å². The molecule has 1 atom stereocenters. The fourth-order valence-corrected chi connectivity index (χ4v) is 3.81. The van der Waals surface area contributed by atoms with Gasteiger partial charge in [0.2, 0.25) is 0 Å². The van der Waals surface area contributed by atoms with Gasteiger partial charge in [0.15, 0.2) is 0 Å². The molecule has 0 aromatic carbocycles. The Bertz CT molecular complexity index is 151. The smallest absolute Gasteiger partial charge is 0.127 e. The van der Waals surface area contributed by atoms with Gasteiger partial charge in [0.25, 0.3) is 0 Å². The molecule has 2 fully saturated rings. The third-order valence-corrected chi connectivity index (χ3v) is 4.71. The lowest BCUT2D eigenvalue weighted by Crippen LogP contribution is -3.15. The van der Waals surface area contributed by atoms with Crippen LogP contribution in [0.2, 0.25) is 0 Å². The highest BCUT2D eigenvalue weighted by Crippen LogP contribution is 2.13. The SMILES string of the molecule is C1CC[NH+](CC[NH2+][C@H]2CCSC2)CC1. The number of nitrogens with two attached hydrogens (primary N) is 1. The summed E-state index contributed by atoms with van der Waals surface area (Å²) < 4.78 is 0. The molecule has 3 N–H and O–H groups in total. The van der Waals surface area contributed by atoms with Gasteiger partial charge in [-0.3, -0.25) is 0 Å². The monoisotopic (exact) mass is 216 g/mol. The Kier molecular flexibility index (Phi) is 4.61. The molecule has 2 aliphatic heterocycles. The fraction of sp³-hybridized carbons (Fsp3) is 1.00. The van der Waals surface area contributed by atoms with Gasteiger partial charge in [-0.05, 0) is 25.0 Å². The second-order valence-electron chi connectivity index (χ2n) is 4.71. The zero-order valence-electron chi connectivity index (χ0n) is 9.13. The standard InChI is InChI=1S/C11H22N2S/c1-2-6-13(7-3-1)8-5-12-11-4-9-14-10-11/h11-12H,1-10H2/p+2/t11-/m0/s1. The van der Waals surface area contributed by atoms with Crippen molar-refractivity contribution in [3.05, 3.63) is 0 Å². The van der Waals surface area contributed by atoms with Crippen molar-refractivity contribution in [3.63, 3.8) is 0 Å². The van der Waals surface area contributed by atoms with Crippen molar-refractivity contribution < 1.29 is 10.2 Å². The van der Waals surface area contributed by atoms with Crippen LogP contribution in [0.25, 0.3) is 0 Å². The minimum atomic E-state index is 0.948. The average molecular weight is 216 g/mol. The summed E-state index contributed by atoms with van der Waals surface area (Å²) in [5.74, 6) is 2.80. The van der Waals surface area contributed by atoms with Crippen LogP contribution >= 0.6 is 11.8 Å². The highest BCUT2D eigenvalue weighted by molar-refractivity contribution is 7.99. The van der Waals surface area contributed by atoms with Gasteiger partial charge >= 0.3 is 0 Å². The molecule has 2 nitrogen and oxygen atoms in total. The Morgan fingerprint density at radius 3 is 2.79 bits per heavy atom. The highest BCUT2D eigenvalue weighted by atomic mass is 32.2. The first-order valence-electron chi connectivity index (χ1n) is 6.20. The summed E-state index contributed by atoms with van der Waals surface area (Å²) in [4.78, 5) is 1.86. The first-order chi connectivity index (χ1) is 6.95. The molecule has 0 spiro atoms. The largest absolute Gasteiger partial charge is 0.338 e. The zero-order valence-corrected chi connectivity index (χ0v) is 9.95. The molecule has 0 bridgehead atoms. The second-order valence-corrected chi connectivity index (χ2v) is 5.86. The van der Waals surface area contributed by atoms with E-state index in [0.29, 0.717) is 0 Å². The van der Waals surface area contributed by atoms with Crippen LogP contribution in [0.4, 0.5) is 0 Å². The summed E-state index contributed by atoms with van der Waals surface area (Å²) >= 11 is 2.13. The molecule has 2 rings (SSSR count). The van der Waals surface area contributed by atoms with Crippen molar-refractivity contribution in [2.45, 2.75) is 31.7 Å².